The summed E-state index contributed by atoms with van der Waals surface area (Å²) in [6.45, 7) is 11.8. The van der Waals surface area contributed by atoms with Crippen LogP contribution in [0.15, 0.2) is 28.8 Å². The molecule has 4 heteroatoms. The SMILES string of the molecule is CCNC(Cc1nc(-c2ccc(C)cc2)no1)C(C)(C)C. The quantitative estimate of drug-likeness (QED) is 0.912. The molecule has 21 heavy (non-hydrogen) atoms. The smallest absolute Gasteiger partial charge is 0.228 e. The van der Waals surface area contributed by atoms with E-state index in [9.17, 15) is 0 Å². The molecule has 1 N–H and O–H groups in total. The van der Waals surface area contributed by atoms with E-state index in [-0.39, 0.29) is 5.41 Å². The van der Waals surface area contributed by atoms with Crippen molar-refractivity contribution in [3.8, 4) is 11.4 Å². The Morgan fingerprint density at radius 2 is 1.86 bits per heavy atom. The predicted molar refractivity (Wildman–Crippen MR) is 85.1 cm³/mol. The second kappa shape index (κ2) is 6.39. The van der Waals surface area contributed by atoms with Crippen molar-refractivity contribution in [1.29, 1.82) is 0 Å². The number of aromatic nitrogens is 2. The van der Waals surface area contributed by atoms with Gasteiger partial charge in [-0.25, -0.2) is 0 Å². The van der Waals surface area contributed by atoms with Gasteiger partial charge in [0.2, 0.25) is 11.7 Å². The fourth-order valence-electron chi connectivity index (χ4n) is 2.26. The zero-order chi connectivity index (χ0) is 15.5. The molecular formula is C17H25N3O. The lowest BCUT2D eigenvalue weighted by Crippen LogP contribution is -2.41. The Morgan fingerprint density at radius 3 is 2.43 bits per heavy atom. The standard InChI is InChI=1S/C17H25N3O/c1-6-18-14(17(3,4)5)11-15-19-16(20-21-15)13-9-7-12(2)8-10-13/h7-10,14,18H,6,11H2,1-5H3. The van der Waals surface area contributed by atoms with Gasteiger partial charge < -0.3 is 9.84 Å². The molecule has 0 spiro atoms. The summed E-state index contributed by atoms with van der Waals surface area (Å²) in [4.78, 5) is 4.53. The lowest BCUT2D eigenvalue weighted by Gasteiger charge is -2.30. The van der Waals surface area contributed by atoms with E-state index in [1.807, 2.05) is 12.1 Å². The summed E-state index contributed by atoms with van der Waals surface area (Å²) >= 11 is 0. The monoisotopic (exact) mass is 287 g/mol. The lowest BCUT2D eigenvalue weighted by molar-refractivity contribution is 0.247. The predicted octanol–water partition coefficient (Wildman–Crippen LogP) is 3.61. The van der Waals surface area contributed by atoms with E-state index >= 15 is 0 Å². The van der Waals surface area contributed by atoms with Gasteiger partial charge in [-0.1, -0.05) is 62.7 Å². The molecule has 0 bridgehead atoms. The van der Waals surface area contributed by atoms with Crippen LogP contribution in [-0.4, -0.2) is 22.7 Å². The Kier molecular flexibility index (Phi) is 4.78. The maximum absolute atomic E-state index is 5.42. The highest BCUT2D eigenvalue weighted by Gasteiger charge is 2.26. The van der Waals surface area contributed by atoms with Crippen LogP contribution in [0.4, 0.5) is 0 Å². The summed E-state index contributed by atoms with van der Waals surface area (Å²) in [6, 6.07) is 8.48. The van der Waals surface area contributed by atoms with Crippen molar-refractivity contribution in [3.63, 3.8) is 0 Å². The highest BCUT2D eigenvalue weighted by Crippen LogP contribution is 2.23. The van der Waals surface area contributed by atoms with Crippen LogP contribution in [0.3, 0.4) is 0 Å². The zero-order valence-corrected chi connectivity index (χ0v) is 13.6. The first-order valence-corrected chi connectivity index (χ1v) is 7.53. The maximum Gasteiger partial charge on any atom is 0.228 e. The highest BCUT2D eigenvalue weighted by atomic mass is 16.5. The van der Waals surface area contributed by atoms with Crippen LogP contribution in [0.5, 0.6) is 0 Å². The summed E-state index contributed by atoms with van der Waals surface area (Å²) in [5.41, 5.74) is 2.36. The van der Waals surface area contributed by atoms with Gasteiger partial charge in [-0.05, 0) is 18.9 Å². The van der Waals surface area contributed by atoms with Crippen molar-refractivity contribution in [2.75, 3.05) is 6.54 Å². The molecule has 1 heterocycles. The molecule has 0 fully saturated rings. The number of benzene rings is 1. The normalized spacial score (nSPS) is 13.4. The Labute approximate surface area is 127 Å². The maximum atomic E-state index is 5.42. The summed E-state index contributed by atoms with van der Waals surface area (Å²) in [5.74, 6) is 1.35. The van der Waals surface area contributed by atoms with Gasteiger partial charge in [0.25, 0.3) is 0 Å². The molecule has 1 aromatic heterocycles. The molecular weight excluding hydrogens is 262 g/mol. The first kappa shape index (κ1) is 15.7. The number of nitrogens with one attached hydrogen (secondary N) is 1. The summed E-state index contributed by atoms with van der Waals surface area (Å²) in [7, 11) is 0. The third kappa shape index (κ3) is 4.14. The Bertz CT molecular complexity index is 566. The summed E-state index contributed by atoms with van der Waals surface area (Å²) < 4.78 is 5.42. The molecule has 0 aliphatic rings. The Morgan fingerprint density at radius 1 is 1.19 bits per heavy atom. The van der Waals surface area contributed by atoms with Gasteiger partial charge in [-0.2, -0.15) is 4.98 Å². The minimum Gasteiger partial charge on any atom is -0.339 e. The van der Waals surface area contributed by atoms with E-state index in [0.29, 0.717) is 17.8 Å². The topological polar surface area (TPSA) is 51.0 Å². The van der Waals surface area contributed by atoms with E-state index in [0.717, 1.165) is 18.5 Å². The third-order valence-corrected chi connectivity index (χ3v) is 3.65. The molecule has 1 atom stereocenters. The summed E-state index contributed by atoms with van der Waals surface area (Å²) in [5, 5.41) is 7.60. The fourth-order valence-corrected chi connectivity index (χ4v) is 2.26. The second-order valence-electron chi connectivity index (χ2n) is 6.56. The Hall–Kier alpha value is -1.68. The molecule has 2 rings (SSSR count). The molecule has 0 saturated carbocycles. The minimum absolute atomic E-state index is 0.147. The van der Waals surface area contributed by atoms with Crippen molar-refractivity contribution < 1.29 is 4.52 Å². The average molecular weight is 287 g/mol. The average Bonchev–Trinajstić information content (AvgIpc) is 2.87. The van der Waals surface area contributed by atoms with E-state index < -0.39 is 0 Å². The van der Waals surface area contributed by atoms with Crippen molar-refractivity contribution in [3.05, 3.63) is 35.7 Å². The van der Waals surface area contributed by atoms with Crippen LogP contribution < -0.4 is 5.32 Å². The molecule has 0 aliphatic heterocycles. The van der Waals surface area contributed by atoms with Crippen molar-refractivity contribution in [2.45, 2.75) is 47.1 Å². The number of nitrogens with zero attached hydrogens (tertiary/aromatic N) is 2. The van der Waals surface area contributed by atoms with E-state index in [2.05, 4.69) is 62.2 Å². The van der Waals surface area contributed by atoms with Crippen LogP contribution in [0, 0.1) is 12.3 Å². The molecule has 1 unspecified atom stereocenters. The number of hydrogen-bond acceptors (Lipinski definition) is 4. The van der Waals surface area contributed by atoms with Gasteiger partial charge in [0, 0.05) is 18.0 Å². The van der Waals surface area contributed by atoms with Crippen molar-refractivity contribution >= 4 is 0 Å². The molecule has 0 saturated heterocycles. The van der Waals surface area contributed by atoms with E-state index in [4.69, 9.17) is 4.52 Å². The van der Waals surface area contributed by atoms with E-state index in [1.54, 1.807) is 0 Å². The molecule has 0 radical (unpaired) electrons. The second-order valence-corrected chi connectivity index (χ2v) is 6.56. The van der Waals surface area contributed by atoms with Crippen LogP contribution in [0.2, 0.25) is 0 Å². The van der Waals surface area contributed by atoms with Gasteiger partial charge in [0.15, 0.2) is 0 Å². The van der Waals surface area contributed by atoms with Crippen LogP contribution in [0.1, 0.15) is 39.1 Å². The molecule has 0 amide bonds. The number of likely N-dealkylation sites (N-methyl/N-ethyl adjacent to an activating group) is 1. The lowest BCUT2D eigenvalue weighted by atomic mass is 9.84. The van der Waals surface area contributed by atoms with Gasteiger partial charge in [-0.3, -0.25) is 0 Å². The zero-order valence-electron chi connectivity index (χ0n) is 13.6. The molecule has 0 aliphatic carbocycles. The molecule has 2 aromatic rings. The molecule has 114 valence electrons. The molecule has 4 nitrogen and oxygen atoms in total. The largest absolute Gasteiger partial charge is 0.339 e. The number of rotatable bonds is 5. The minimum atomic E-state index is 0.147. The first-order chi connectivity index (χ1) is 9.90. The van der Waals surface area contributed by atoms with Crippen molar-refractivity contribution in [2.24, 2.45) is 5.41 Å². The number of hydrogen-bond donors (Lipinski definition) is 1. The van der Waals surface area contributed by atoms with Gasteiger partial charge >= 0.3 is 0 Å². The molecule has 1 aromatic carbocycles. The van der Waals surface area contributed by atoms with Gasteiger partial charge in [-0.15, -0.1) is 0 Å². The van der Waals surface area contributed by atoms with Gasteiger partial charge in [0.1, 0.15) is 0 Å². The highest BCUT2D eigenvalue weighted by molar-refractivity contribution is 5.54. The third-order valence-electron chi connectivity index (χ3n) is 3.65. The summed E-state index contributed by atoms with van der Waals surface area (Å²) in [6.07, 6.45) is 0.746. The fraction of sp³-hybridized carbons (Fsp3) is 0.529. The Balaban J connectivity index is 2.14. The number of aryl methyl sites for hydroxylation is 1. The first-order valence-electron chi connectivity index (χ1n) is 7.53. The van der Waals surface area contributed by atoms with Crippen LogP contribution >= 0.6 is 0 Å². The van der Waals surface area contributed by atoms with Crippen LogP contribution in [0.25, 0.3) is 11.4 Å². The van der Waals surface area contributed by atoms with E-state index in [1.165, 1.54) is 5.56 Å². The van der Waals surface area contributed by atoms with Crippen LogP contribution in [-0.2, 0) is 6.42 Å². The van der Waals surface area contributed by atoms with Crippen molar-refractivity contribution in [1.82, 2.24) is 15.5 Å². The van der Waals surface area contributed by atoms with Gasteiger partial charge in [0.05, 0.1) is 0 Å².